The highest BCUT2D eigenvalue weighted by Crippen LogP contribution is 2.60. The number of imidazole rings is 1. The number of nitrogens with zero attached hydrogens (tertiary/aromatic N) is 4. The number of ether oxygens (including phenoxy) is 2. The highest BCUT2D eigenvalue weighted by molar-refractivity contribution is 6.76. The molecule has 1 fully saturated rings. The first-order chi connectivity index (χ1) is 18.8. The van der Waals surface area contributed by atoms with Crippen molar-refractivity contribution >= 4 is 27.2 Å². The molecule has 1 saturated carbocycles. The monoisotopic (exact) mass is 580 g/mol. The first kappa shape index (κ1) is 29.7. The average molecular weight is 581 g/mol. The van der Waals surface area contributed by atoms with Crippen molar-refractivity contribution in [3.63, 3.8) is 0 Å². The topological polar surface area (TPSA) is 54.1 Å². The third-order valence-electron chi connectivity index (χ3n) is 9.13. The molecule has 2 aliphatic rings. The zero-order valence-corrected chi connectivity index (χ0v) is 28.6. The Balaban J connectivity index is 1.55. The maximum absolute atomic E-state index is 6.39. The van der Waals surface area contributed by atoms with Crippen LogP contribution in [0.15, 0.2) is 12.1 Å². The smallest absolute Gasteiger partial charge is 0.163 e. The van der Waals surface area contributed by atoms with Gasteiger partial charge in [0.05, 0.1) is 11.0 Å². The lowest BCUT2D eigenvalue weighted by Gasteiger charge is -2.21. The van der Waals surface area contributed by atoms with Gasteiger partial charge in [-0.05, 0) is 72.7 Å². The van der Waals surface area contributed by atoms with Gasteiger partial charge in [-0.1, -0.05) is 66.1 Å². The van der Waals surface area contributed by atoms with Crippen molar-refractivity contribution < 1.29 is 9.47 Å². The molecule has 2 aliphatic carbocycles. The molecule has 0 radical (unpaired) electrons. The van der Waals surface area contributed by atoms with E-state index in [9.17, 15) is 0 Å². The van der Waals surface area contributed by atoms with E-state index in [0.29, 0.717) is 18.9 Å². The lowest BCUT2D eigenvalue weighted by molar-refractivity contribution is 0.0756. The molecule has 0 spiro atoms. The minimum atomic E-state index is -1.17. The third kappa shape index (κ3) is 6.35. The summed E-state index contributed by atoms with van der Waals surface area (Å²) in [6, 6.07) is 6.97. The van der Waals surface area contributed by atoms with Gasteiger partial charge in [0.15, 0.2) is 5.82 Å². The zero-order chi connectivity index (χ0) is 28.9. The van der Waals surface area contributed by atoms with Gasteiger partial charge in [0, 0.05) is 40.6 Å². The van der Waals surface area contributed by atoms with E-state index >= 15 is 0 Å². The van der Waals surface area contributed by atoms with E-state index in [1.807, 2.05) is 0 Å². The molecular formula is C32H52N4O2Si2. The normalized spacial score (nSPS) is 20.7. The van der Waals surface area contributed by atoms with Gasteiger partial charge in [-0.25, -0.2) is 9.67 Å². The molecule has 2 heterocycles. The van der Waals surface area contributed by atoms with E-state index in [1.165, 1.54) is 40.4 Å². The summed E-state index contributed by atoms with van der Waals surface area (Å²) in [4.78, 5) is 5.31. The second-order valence-electron chi connectivity index (χ2n) is 15.1. The van der Waals surface area contributed by atoms with E-state index < -0.39 is 16.1 Å². The maximum atomic E-state index is 6.39. The molecule has 2 atom stereocenters. The van der Waals surface area contributed by atoms with Gasteiger partial charge < -0.3 is 9.47 Å². The molecule has 1 aromatic carbocycles. The third-order valence-corrected chi connectivity index (χ3v) is 12.5. The number of benzene rings is 1. The molecule has 0 saturated heterocycles. The van der Waals surface area contributed by atoms with Crippen LogP contribution in [0, 0.1) is 11.3 Å². The van der Waals surface area contributed by atoms with Crippen LogP contribution < -0.4 is 0 Å². The quantitative estimate of drug-likeness (QED) is 0.153. The molecule has 40 heavy (non-hydrogen) atoms. The predicted octanol–water partition coefficient (Wildman–Crippen LogP) is 7.77. The fraction of sp³-hybridized carbons (Fsp3) is 0.688. The van der Waals surface area contributed by atoms with Gasteiger partial charge in [0.1, 0.15) is 19.2 Å². The van der Waals surface area contributed by atoms with Crippen LogP contribution in [-0.2, 0) is 48.6 Å². The molecule has 5 rings (SSSR count). The van der Waals surface area contributed by atoms with E-state index in [-0.39, 0.29) is 0 Å². The summed E-state index contributed by atoms with van der Waals surface area (Å²) in [6.07, 6.45) is 5.48. The number of rotatable bonds is 13. The molecule has 0 amide bonds. The van der Waals surface area contributed by atoms with Crippen molar-refractivity contribution in [1.29, 1.82) is 0 Å². The van der Waals surface area contributed by atoms with Crippen LogP contribution in [0.2, 0.25) is 51.4 Å². The molecule has 0 N–H and O–H groups in total. The molecule has 220 valence electrons. The number of fused-ring (bicyclic) bond motifs is 3. The van der Waals surface area contributed by atoms with Gasteiger partial charge in [0.25, 0.3) is 0 Å². The lowest BCUT2D eigenvalue weighted by Crippen LogP contribution is -2.23. The highest BCUT2D eigenvalue weighted by Gasteiger charge is 2.54. The van der Waals surface area contributed by atoms with Crippen molar-refractivity contribution in [1.82, 2.24) is 19.3 Å². The van der Waals surface area contributed by atoms with E-state index in [4.69, 9.17) is 19.6 Å². The van der Waals surface area contributed by atoms with Crippen molar-refractivity contribution in [2.75, 3.05) is 13.2 Å². The summed E-state index contributed by atoms with van der Waals surface area (Å²) in [5, 5.41) is 5.27. The van der Waals surface area contributed by atoms with Crippen LogP contribution in [0.4, 0.5) is 0 Å². The van der Waals surface area contributed by atoms with Crippen LogP contribution in [0.1, 0.15) is 49.6 Å². The van der Waals surface area contributed by atoms with Gasteiger partial charge in [0.2, 0.25) is 0 Å². The Bertz CT molecular complexity index is 1360. The van der Waals surface area contributed by atoms with Crippen molar-refractivity contribution in [3.05, 3.63) is 34.5 Å². The van der Waals surface area contributed by atoms with E-state index in [0.717, 1.165) is 67.9 Å². The molecule has 8 heteroatoms. The molecule has 0 aliphatic heterocycles. The molecule has 0 bridgehead atoms. The number of hydrogen-bond acceptors (Lipinski definition) is 4. The number of aryl methyl sites for hydroxylation is 2. The molecule has 3 aromatic rings. The number of hydrogen-bond donors (Lipinski definition) is 0. The van der Waals surface area contributed by atoms with Crippen molar-refractivity contribution in [2.45, 2.75) is 118 Å². The predicted molar refractivity (Wildman–Crippen MR) is 172 cm³/mol. The minimum absolute atomic E-state index is 0.422. The minimum Gasteiger partial charge on any atom is -0.361 e. The SMILES string of the molecule is CCc1cc(CC)c2c(c1)nc(-c1nn(COCC[Si](C)(C)C)c3c1C[C@@H]1C[C@]1(C)C3)n2COCC[Si](C)(C)C. The lowest BCUT2D eigenvalue weighted by atomic mass is 9.87. The first-order valence-corrected chi connectivity index (χ1v) is 23.0. The largest absolute Gasteiger partial charge is 0.361 e. The van der Waals surface area contributed by atoms with Gasteiger partial charge in [-0.3, -0.25) is 4.57 Å². The summed E-state index contributed by atoms with van der Waals surface area (Å²) in [5.74, 6) is 1.72. The van der Waals surface area contributed by atoms with Crippen molar-refractivity contribution in [2.24, 2.45) is 11.3 Å². The Morgan fingerprint density at radius 1 is 0.950 bits per heavy atom. The molecule has 0 unspecified atom stereocenters. The van der Waals surface area contributed by atoms with Gasteiger partial charge in [-0.2, -0.15) is 5.10 Å². The summed E-state index contributed by atoms with van der Waals surface area (Å²) >= 11 is 0. The first-order valence-electron chi connectivity index (χ1n) is 15.6. The molecule has 2 aromatic heterocycles. The van der Waals surface area contributed by atoms with Crippen LogP contribution >= 0.6 is 0 Å². The highest BCUT2D eigenvalue weighted by atomic mass is 28.3. The average Bonchev–Trinajstić information content (AvgIpc) is 3.23. The van der Waals surface area contributed by atoms with Crippen molar-refractivity contribution in [3.8, 4) is 11.5 Å². The molecular weight excluding hydrogens is 529 g/mol. The zero-order valence-electron chi connectivity index (χ0n) is 26.6. The van der Waals surface area contributed by atoms with E-state index in [1.54, 1.807) is 0 Å². The fourth-order valence-corrected chi connectivity index (χ4v) is 7.68. The van der Waals surface area contributed by atoms with Crippen LogP contribution in [-0.4, -0.2) is 48.7 Å². The van der Waals surface area contributed by atoms with Crippen LogP contribution in [0.3, 0.4) is 0 Å². The second-order valence-corrected chi connectivity index (χ2v) is 26.3. The Labute approximate surface area is 243 Å². The summed E-state index contributed by atoms with van der Waals surface area (Å²) < 4.78 is 17.1. The Kier molecular flexibility index (Phi) is 8.29. The van der Waals surface area contributed by atoms with Crippen LogP contribution in [0.5, 0.6) is 0 Å². The Morgan fingerprint density at radius 3 is 2.25 bits per heavy atom. The van der Waals surface area contributed by atoms with Crippen LogP contribution in [0.25, 0.3) is 22.6 Å². The number of aromatic nitrogens is 4. The van der Waals surface area contributed by atoms with E-state index in [2.05, 4.69) is 81.4 Å². The standard InChI is InChI=1S/C32H52N4O2Si2/c1-10-23-16-24(11-2)30-27(17-23)33-31(35(30)21-37-12-14-39(4,5)6)29-26-18-25-19-32(25,3)20-28(26)36(34-29)22-38-13-15-40(7,8)9/h16-17,25H,10-15,18-22H2,1-9H3/t25-,32-/m1/s1. The maximum Gasteiger partial charge on any atom is 0.163 e. The van der Waals surface area contributed by atoms with Gasteiger partial charge >= 0.3 is 0 Å². The van der Waals surface area contributed by atoms with Gasteiger partial charge in [-0.15, -0.1) is 0 Å². The molecule has 6 nitrogen and oxygen atoms in total. The summed E-state index contributed by atoms with van der Waals surface area (Å²) in [6.45, 7) is 24.0. The summed E-state index contributed by atoms with van der Waals surface area (Å²) in [7, 11) is -2.31. The Hall–Kier alpha value is -1.75. The summed E-state index contributed by atoms with van der Waals surface area (Å²) in [5.41, 5.74) is 9.20. The second kappa shape index (κ2) is 11.2. The fourth-order valence-electron chi connectivity index (χ4n) is 6.16. The Morgan fingerprint density at radius 2 is 1.62 bits per heavy atom.